The molecule has 0 amide bonds. The Morgan fingerprint density at radius 2 is 2.19 bits per heavy atom. The summed E-state index contributed by atoms with van der Waals surface area (Å²) in [6.45, 7) is 2.54. The first kappa shape index (κ1) is 10.5. The van der Waals surface area contributed by atoms with Gasteiger partial charge in [0, 0.05) is 13.2 Å². The van der Waals surface area contributed by atoms with Gasteiger partial charge in [-0.05, 0) is 25.1 Å². The summed E-state index contributed by atoms with van der Waals surface area (Å²) in [5.41, 5.74) is 5.59. The van der Waals surface area contributed by atoms with Crippen molar-refractivity contribution >= 4 is 11.8 Å². The fraction of sp³-hybridized carbons (Fsp3) is 0.273. The maximum absolute atomic E-state index is 5.59. The predicted molar refractivity (Wildman–Crippen MR) is 62.0 cm³/mol. The van der Waals surface area contributed by atoms with Crippen LogP contribution >= 0.6 is 0 Å². The zero-order valence-corrected chi connectivity index (χ0v) is 9.34. The van der Waals surface area contributed by atoms with Crippen molar-refractivity contribution in [2.75, 3.05) is 17.7 Å². The third kappa shape index (κ3) is 2.31. The summed E-state index contributed by atoms with van der Waals surface area (Å²) < 4.78 is 5.48. The second-order valence-corrected chi connectivity index (χ2v) is 3.65. The zero-order valence-electron chi connectivity index (χ0n) is 9.34. The fourth-order valence-electron chi connectivity index (χ4n) is 1.42. The van der Waals surface area contributed by atoms with Crippen LogP contribution in [0.25, 0.3) is 0 Å². The molecule has 0 fully saturated rings. The van der Waals surface area contributed by atoms with E-state index in [0.29, 0.717) is 18.3 Å². The summed E-state index contributed by atoms with van der Waals surface area (Å²) >= 11 is 0. The van der Waals surface area contributed by atoms with Crippen LogP contribution in [0.15, 0.2) is 28.8 Å². The minimum absolute atomic E-state index is 0.465. The summed E-state index contributed by atoms with van der Waals surface area (Å²) in [6.07, 6.45) is 1.64. The Labute approximate surface area is 93.9 Å². The molecule has 2 heterocycles. The van der Waals surface area contributed by atoms with Crippen LogP contribution in [0.1, 0.15) is 11.5 Å². The molecular weight excluding hydrogens is 204 g/mol. The number of nitrogens with zero attached hydrogens (tertiary/aromatic N) is 3. The van der Waals surface area contributed by atoms with Crippen LogP contribution in [0.3, 0.4) is 0 Å². The molecule has 84 valence electrons. The summed E-state index contributed by atoms with van der Waals surface area (Å²) in [5, 5.41) is 0. The third-order valence-electron chi connectivity index (χ3n) is 2.19. The van der Waals surface area contributed by atoms with Gasteiger partial charge in [-0.1, -0.05) is 0 Å². The molecule has 2 N–H and O–H groups in total. The lowest BCUT2D eigenvalue weighted by Gasteiger charge is -2.15. The van der Waals surface area contributed by atoms with E-state index in [2.05, 4.69) is 9.97 Å². The molecule has 0 aliphatic carbocycles. The molecule has 0 atom stereocenters. The topological polar surface area (TPSA) is 68.2 Å². The monoisotopic (exact) mass is 218 g/mol. The standard InChI is InChI=1S/C11H14N4O/c1-8-3-4-9(16-8)7-15(2)11-13-6-5-10(12)14-11/h3-6H,7H2,1-2H3,(H2,12,13,14). The molecule has 16 heavy (non-hydrogen) atoms. The number of rotatable bonds is 3. The first-order valence-corrected chi connectivity index (χ1v) is 5.00. The minimum Gasteiger partial charge on any atom is -0.464 e. The summed E-state index contributed by atoms with van der Waals surface area (Å²) in [7, 11) is 1.90. The number of furan rings is 1. The van der Waals surface area contributed by atoms with Crippen molar-refractivity contribution in [3.8, 4) is 0 Å². The van der Waals surface area contributed by atoms with Crippen LogP contribution in [-0.4, -0.2) is 17.0 Å². The molecule has 0 spiro atoms. The molecule has 5 heteroatoms. The molecule has 2 rings (SSSR count). The second-order valence-electron chi connectivity index (χ2n) is 3.65. The highest BCUT2D eigenvalue weighted by molar-refractivity contribution is 5.37. The van der Waals surface area contributed by atoms with Gasteiger partial charge in [-0.25, -0.2) is 4.98 Å². The number of aryl methyl sites for hydroxylation is 1. The van der Waals surface area contributed by atoms with Gasteiger partial charge in [-0.3, -0.25) is 0 Å². The Morgan fingerprint density at radius 3 is 2.81 bits per heavy atom. The maximum Gasteiger partial charge on any atom is 0.227 e. The van der Waals surface area contributed by atoms with Crippen LogP contribution in [-0.2, 0) is 6.54 Å². The molecular formula is C11H14N4O. The Hall–Kier alpha value is -2.04. The maximum atomic E-state index is 5.59. The zero-order chi connectivity index (χ0) is 11.5. The Kier molecular flexibility index (Phi) is 2.76. The molecule has 0 saturated heterocycles. The number of anilines is 2. The van der Waals surface area contributed by atoms with Gasteiger partial charge in [0.2, 0.25) is 5.95 Å². The van der Waals surface area contributed by atoms with Crippen molar-refractivity contribution in [1.82, 2.24) is 9.97 Å². The van der Waals surface area contributed by atoms with Gasteiger partial charge in [-0.2, -0.15) is 4.98 Å². The lowest BCUT2D eigenvalue weighted by Crippen LogP contribution is -2.19. The van der Waals surface area contributed by atoms with E-state index in [4.69, 9.17) is 10.2 Å². The molecule has 0 unspecified atom stereocenters. The van der Waals surface area contributed by atoms with E-state index in [0.717, 1.165) is 11.5 Å². The second kappa shape index (κ2) is 4.22. The first-order valence-electron chi connectivity index (χ1n) is 5.00. The van der Waals surface area contributed by atoms with Crippen molar-refractivity contribution in [3.05, 3.63) is 35.9 Å². The number of hydrogen-bond donors (Lipinski definition) is 1. The van der Waals surface area contributed by atoms with Crippen molar-refractivity contribution in [3.63, 3.8) is 0 Å². The van der Waals surface area contributed by atoms with Gasteiger partial charge in [0.1, 0.15) is 17.3 Å². The van der Waals surface area contributed by atoms with E-state index in [9.17, 15) is 0 Å². The van der Waals surface area contributed by atoms with E-state index in [1.165, 1.54) is 0 Å². The summed E-state index contributed by atoms with van der Waals surface area (Å²) in [6, 6.07) is 5.54. The van der Waals surface area contributed by atoms with E-state index in [1.54, 1.807) is 12.3 Å². The highest BCUT2D eigenvalue weighted by Gasteiger charge is 2.07. The Balaban J connectivity index is 2.11. The molecule has 0 aromatic carbocycles. The van der Waals surface area contributed by atoms with Crippen LogP contribution in [0.2, 0.25) is 0 Å². The summed E-state index contributed by atoms with van der Waals surface area (Å²) in [4.78, 5) is 10.1. The molecule has 2 aromatic rings. The van der Waals surface area contributed by atoms with Crippen LogP contribution in [0.5, 0.6) is 0 Å². The van der Waals surface area contributed by atoms with Gasteiger partial charge in [0.25, 0.3) is 0 Å². The van der Waals surface area contributed by atoms with Crippen molar-refractivity contribution in [2.24, 2.45) is 0 Å². The highest BCUT2D eigenvalue weighted by atomic mass is 16.3. The van der Waals surface area contributed by atoms with Crippen molar-refractivity contribution < 1.29 is 4.42 Å². The van der Waals surface area contributed by atoms with Crippen LogP contribution < -0.4 is 10.6 Å². The van der Waals surface area contributed by atoms with Crippen molar-refractivity contribution in [1.29, 1.82) is 0 Å². The summed E-state index contributed by atoms with van der Waals surface area (Å²) in [5.74, 6) is 2.84. The molecule has 0 aliphatic rings. The molecule has 0 aliphatic heterocycles. The van der Waals surface area contributed by atoms with Gasteiger partial charge >= 0.3 is 0 Å². The minimum atomic E-state index is 0.465. The lowest BCUT2D eigenvalue weighted by atomic mass is 10.4. The SMILES string of the molecule is Cc1ccc(CN(C)c2nccc(N)n2)o1. The van der Waals surface area contributed by atoms with Crippen molar-refractivity contribution in [2.45, 2.75) is 13.5 Å². The molecule has 2 aromatic heterocycles. The predicted octanol–water partition coefficient (Wildman–Crippen LogP) is 1.60. The van der Waals surface area contributed by atoms with Gasteiger partial charge in [-0.15, -0.1) is 0 Å². The van der Waals surface area contributed by atoms with E-state index < -0.39 is 0 Å². The number of aromatic nitrogens is 2. The van der Waals surface area contributed by atoms with E-state index >= 15 is 0 Å². The number of nitrogen functional groups attached to an aromatic ring is 1. The lowest BCUT2D eigenvalue weighted by molar-refractivity contribution is 0.480. The average Bonchev–Trinajstić information content (AvgIpc) is 2.64. The third-order valence-corrected chi connectivity index (χ3v) is 2.19. The quantitative estimate of drug-likeness (QED) is 0.847. The fourth-order valence-corrected chi connectivity index (χ4v) is 1.42. The first-order chi connectivity index (χ1) is 7.65. The normalized spacial score (nSPS) is 10.4. The molecule has 0 bridgehead atoms. The van der Waals surface area contributed by atoms with Gasteiger partial charge in [0.05, 0.1) is 6.54 Å². The Morgan fingerprint density at radius 1 is 1.38 bits per heavy atom. The number of hydrogen-bond acceptors (Lipinski definition) is 5. The van der Waals surface area contributed by atoms with Crippen LogP contribution in [0, 0.1) is 6.92 Å². The molecule has 0 saturated carbocycles. The van der Waals surface area contributed by atoms with Gasteiger partial charge in [0.15, 0.2) is 0 Å². The van der Waals surface area contributed by atoms with Crippen LogP contribution in [0.4, 0.5) is 11.8 Å². The molecule has 5 nitrogen and oxygen atoms in total. The Bertz CT molecular complexity index is 480. The van der Waals surface area contributed by atoms with E-state index in [1.807, 2.05) is 31.0 Å². The van der Waals surface area contributed by atoms with Gasteiger partial charge < -0.3 is 15.1 Å². The molecule has 0 radical (unpaired) electrons. The smallest absolute Gasteiger partial charge is 0.227 e. The largest absolute Gasteiger partial charge is 0.464 e. The van der Waals surface area contributed by atoms with E-state index in [-0.39, 0.29) is 0 Å². The average molecular weight is 218 g/mol. The highest BCUT2D eigenvalue weighted by Crippen LogP contribution is 2.13. The number of nitrogens with two attached hydrogens (primary N) is 1.